The van der Waals surface area contributed by atoms with E-state index in [1.807, 2.05) is 17.8 Å². The van der Waals surface area contributed by atoms with E-state index in [9.17, 15) is 4.79 Å². The van der Waals surface area contributed by atoms with Crippen molar-refractivity contribution in [2.24, 2.45) is 18.9 Å². The third kappa shape index (κ3) is 2.10. The van der Waals surface area contributed by atoms with E-state index in [0.717, 1.165) is 25.1 Å². The van der Waals surface area contributed by atoms with Crippen LogP contribution in [-0.2, 0) is 23.0 Å². The fourth-order valence-corrected chi connectivity index (χ4v) is 2.30. The van der Waals surface area contributed by atoms with Crippen LogP contribution >= 0.6 is 0 Å². The number of carbonyl (C=O) groups is 1. The molecule has 0 amide bonds. The molecule has 0 aliphatic carbocycles. The maximum atomic E-state index is 11.5. The molecule has 4 nitrogen and oxygen atoms in total. The van der Waals surface area contributed by atoms with Crippen molar-refractivity contribution >= 4 is 5.97 Å². The predicted octanol–water partition coefficient (Wildman–Crippen LogP) is 1.55. The minimum Gasteiger partial charge on any atom is -0.465 e. The average Bonchev–Trinajstić information content (AvgIpc) is 2.80. The lowest BCUT2D eigenvalue weighted by Gasteiger charge is -2.13. The lowest BCUT2D eigenvalue weighted by Crippen LogP contribution is -2.19. The monoisotopic (exact) mass is 222 g/mol. The molecule has 88 valence electrons. The Kier molecular flexibility index (Phi) is 3.27. The van der Waals surface area contributed by atoms with Gasteiger partial charge in [-0.25, -0.2) is 4.98 Å². The van der Waals surface area contributed by atoms with Crippen LogP contribution in [0.3, 0.4) is 0 Å². The lowest BCUT2D eigenvalue weighted by molar-refractivity contribution is -0.141. The van der Waals surface area contributed by atoms with Crippen LogP contribution in [0.25, 0.3) is 0 Å². The van der Waals surface area contributed by atoms with Gasteiger partial charge in [-0.3, -0.25) is 4.79 Å². The van der Waals surface area contributed by atoms with Crippen LogP contribution in [0.4, 0.5) is 0 Å². The Bertz CT molecular complexity index is 373. The third-order valence-electron chi connectivity index (χ3n) is 3.28. The van der Waals surface area contributed by atoms with Crippen LogP contribution in [0.15, 0.2) is 12.4 Å². The first-order valence-electron chi connectivity index (χ1n) is 5.85. The molecule has 1 aromatic heterocycles. The molecule has 2 atom stereocenters. The van der Waals surface area contributed by atoms with Crippen LogP contribution in [-0.4, -0.2) is 22.1 Å². The number of nitrogens with zero attached hydrogens (tertiary/aromatic N) is 2. The molecule has 0 aromatic carbocycles. The predicted molar refractivity (Wildman–Crippen MR) is 59.8 cm³/mol. The fraction of sp³-hybridized carbons (Fsp3) is 0.667. The van der Waals surface area contributed by atoms with Crippen LogP contribution < -0.4 is 0 Å². The van der Waals surface area contributed by atoms with E-state index in [0.29, 0.717) is 12.5 Å². The van der Waals surface area contributed by atoms with Gasteiger partial charge in [-0.2, -0.15) is 0 Å². The van der Waals surface area contributed by atoms with E-state index in [2.05, 4.69) is 11.9 Å². The van der Waals surface area contributed by atoms with Gasteiger partial charge < -0.3 is 9.30 Å². The highest BCUT2D eigenvalue weighted by atomic mass is 16.5. The standard InChI is InChI=1S/C12H18N2O2/c1-3-4-10-9(8-16-12(10)15)7-11-13-5-6-14(11)2/h5-6,9-10H,3-4,7-8H2,1-2H3. The number of hydrogen-bond acceptors (Lipinski definition) is 3. The van der Waals surface area contributed by atoms with Gasteiger partial charge in [0.2, 0.25) is 0 Å². The van der Waals surface area contributed by atoms with Crippen molar-refractivity contribution in [2.45, 2.75) is 26.2 Å². The topological polar surface area (TPSA) is 44.1 Å². The molecule has 1 fully saturated rings. The first kappa shape index (κ1) is 11.2. The zero-order valence-corrected chi connectivity index (χ0v) is 9.85. The first-order valence-corrected chi connectivity index (χ1v) is 5.85. The number of ether oxygens (including phenoxy) is 1. The lowest BCUT2D eigenvalue weighted by atomic mass is 9.88. The van der Waals surface area contributed by atoms with Gasteiger partial charge in [-0.1, -0.05) is 13.3 Å². The molecule has 0 bridgehead atoms. The number of aromatic nitrogens is 2. The summed E-state index contributed by atoms with van der Waals surface area (Å²) in [5.74, 6) is 1.38. The second-order valence-electron chi connectivity index (χ2n) is 4.44. The van der Waals surface area contributed by atoms with Gasteiger partial charge in [0.25, 0.3) is 0 Å². The van der Waals surface area contributed by atoms with Gasteiger partial charge in [0.05, 0.1) is 12.5 Å². The normalized spacial score (nSPS) is 24.8. The third-order valence-corrected chi connectivity index (χ3v) is 3.28. The van der Waals surface area contributed by atoms with Crippen molar-refractivity contribution in [1.29, 1.82) is 0 Å². The van der Waals surface area contributed by atoms with Gasteiger partial charge in [0, 0.05) is 31.8 Å². The molecule has 0 saturated carbocycles. The van der Waals surface area contributed by atoms with Crippen molar-refractivity contribution in [3.05, 3.63) is 18.2 Å². The van der Waals surface area contributed by atoms with Crippen LogP contribution in [0.2, 0.25) is 0 Å². The molecule has 1 aliphatic heterocycles. The summed E-state index contributed by atoms with van der Waals surface area (Å²) in [5, 5.41) is 0. The number of cyclic esters (lactones) is 1. The molecule has 1 aliphatic rings. The van der Waals surface area contributed by atoms with E-state index in [-0.39, 0.29) is 11.9 Å². The summed E-state index contributed by atoms with van der Waals surface area (Å²) in [7, 11) is 1.98. The van der Waals surface area contributed by atoms with Crippen molar-refractivity contribution in [1.82, 2.24) is 9.55 Å². The van der Waals surface area contributed by atoms with Gasteiger partial charge >= 0.3 is 5.97 Å². The van der Waals surface area contributed by atoms with Crippen molar-refractivity contribution in [3.63, 3.8) is 0 Å². The summed E-state index contributed by atoms with van der Waals surface area (Å²) in [6.45, 7) is 2.65. The van der Waals surface area contributed by atoms with Crippen molar-refractivity contribution < 1.29 is 9.53 Å². The molecule has 4 heteroatoms. The Morgan fingerprint density at radius 3 is 3.06 bits per heavy atom. The van der Waals surface area contributed by atoms with Crippen molar-refractivity contribution in [3.8, 4) is 0 Å². The summed E-state index contributed by atoms with van der Waals surface area (Å²) in [6, 6.07) is 0. The summed E-state index contributed by atoms with van der Waals surface area (Å²) < 4.78 is 7.15. The van der Waals surface area contributed by atoms with Crippen LogP contribution in [0.1, 0.15) is 25.6 Å². The van der Waals surface area contributed by atoms with E-state index in [1.165, 1.54) is 0 Å². The smallest absolute Gasteiger partial charge is 0.309 e. The Morgan fingerprint density at radius 1 is 1.62 bits per heavy atom. The molecule has 2 unspecified atom stereocenters. The highest BCUT2D eigenvalue weighted by Crippen LogP contribution is 2.28. The number of esters is 1. The molecule has 1 saturated heterocycles. The summed E-state index contributed by atoms with van der Waals surface area (Å²) in [6.07, 6.45) is 6.51. The Morgan fingerprint density at radius 2 is 2.44 bits per heavy atom. The van der Waals surface area contributed by atoms with E-state index in [4.69, 9.17) is 4.74 Å². The van der Waals surface area contributed by atoms with Crippen molar-refractivity contribution in [2.75, 3.05) is 6.61 Å². The van der Waals surface area contributed by atoms with Gasteiger partial charge in [-0.15, -0.1) is 0 Å². The minimum atomic E-state index is -0.0268. The molecule has 2 rings (SSSR count). The molecular formula is C12H18N2O2. The Balaban J connectivity index is 2.04. The highest BCUT2D eigenvalue weighted by molar-refractivity contribution is 5.74. The number of rotatable bonds is 4. The van der Waals surface area contributed by atoms with Crippen LogP contribution in [0.5, 0.6) is 0 Å². The zero-order valence-electron chi connectivity index (χ0n) is 9.85. The quantitative estimate of drug-likeness (QED) is 0.726. The first-order chi connectivity index (χ1) is 7.72. The summed E-state index contributed by atoms with van der Waals surface area (Å²) in [5.41, 5.74) is 0. The Labute approximate surface area is 95.6 Å². The molecular weight excluding hydrogens is 204 g/mol. The maximum Gasteiger partial charge on any atom is 0.309 e. The largest absolute Gasteiger partial charge is 0.465 e. The van der Waals surface area contributed by atoms with E-state index < -0.39 is 0 Å². The number of imidazole rings is 1. The molecule has 1 aromatic rings. The van der Waals surface area contributed by atoms with E-state index in [1.54, 1.807) is 6.20 Å². The van der Waals surface area contributed by atoms with Crippen LogP contribution in [0, 0.1) is 11.8 Å². The zero-order chi connectivity index (χ0) is 11.5. The average molecular weight is 222 g/mol. The highest BCUT2D eigenvalue weighted by Gasteiger charge is 2.36. The van der Waals surface area contributed by atoms with Gasteiger partial charge in [0.1, 0.15) is 5.82 Å². The van der Waals surface area contributed by atoms with E-state index >= 15 is 0 Å². The SMILES string of the molecule is CCCC1C(=O)OCC1Cc1nccn1C. The molecule has 16 heavy (non-hydrogen) atoms. The number of carbonyl (C=O) groups excluding carboxylic acids is 1. The minimum absolute atomic E-state index is 0.0268. The van der Waals surface area contributed by atoms with Gasteiger partial charge in [0.15, 0.2) is 0 Å². The molecule has 2 heterocycles. The summed E-state index contributed by atoms with van der Waals surface area (Å²) in [4.78, 5) is 15.8. The second kappa shape index (κ2) is 4.68. The second-order valence-corrected chi connectivity index (χ2v) is 4.44. The molecule has 0 radical (unpaired) electrons. The Hall–Kier alpha value is -1.32. The maximum absolute atomic E-state index is 11.5. The number of aryl methyl sites for hydroxylation is 1. The molecule has 0 N–H and O–H groups in total. The number of hydrogen-bond donors (Lipinski definition) is 0. The fourth-order valence-electron chi connectivity index (χ4n) is 2.30. The summed E-state index contributed by atoms with van der Waals surface area (Å²) >= 11 is 0. The molecule has 0 spiro atoms. The van der Waals surface area contributed by atoms with Gasteiger partial charge in [-0.05, 0) is 6.42 Å².